The SMILES string of the molecule is CC[C@@H](C(C)C)[C@@H](O)[C@H](O)[C@@H](C)[C@H]1CC[C@H]2[C@@H]3CC(=O)C45C[C@H]4CC[C@]5(C)[C@H]3CC[C@]12C. The first-order valence-corrected chi connectivity index (χ1v) is 13.9. The summed E-state index contributed by atoms with van der Waals surface area (Å²) in [6, 6.07) is 0. The van der Waals surface area contributed by atoms with Crippen LogP contribution in [0.5, 0.6) is 0 Å². The largest absolute Gasteiger partial charge is 0.390 e. The van der Waals surface area contributed by atoms with Gasteiger partial charge in [-0.15, -0.1) is 0 Å². The molecular formula is C29H48O3. The molecule has 0 aromatic carbocycles. The van der Waals surface area contributed by atoms with Crippen LogP contribution in [0.1, 0.15) is 99.3 Å². The molecule has 12 atom stereocenters. The Morgan fingerprint density at radius 3 is 2.31 bits per heavy atom. The van der Waals surface area contributed by atoms with E-state index in [4.69, 9.17) is 0 Å². The standard InChI is InChI=1S/C29H48O3/c1-7-19(16(2)3)26(32)25(31)17(4)21-8-9-22-20-14-24(30)29-15-18(29)10-13-28(29,6)23(20)11-12-27(21,22)5/h16-23,25-26,31-32H,7-15H2,1-6H3/t17-,18+,19-,20-,21+,22-,23-,25+,26+,27+,28+,29?/m0/s1. The first-order chi connectivity index (χ1) is 15.0. The lowest BCUT2D eigenvalue weighted by molar-refractivity contribution is -0.153. The van der Waals surface area contributed by atoms with Gasteiger partial charge in [0.05, 0.1) is 12.2 Å². The number of Topliss-reactive ketones (excluding diaryl/α,β-unsaturated/α-hetero) is 1. The van der Waals surface area contributed by atoms with E-state index in [1.54, 1.807) is 0 Å². The van der Waals surface area contributed by atoms with Crippen LogP contribution in [0.15, 0.2) is 0 Å². The summed E-state index contributed by atoms with van der Waals surface area (Å²) in [6.45, 7) is 13.6. The van der Waals surface area contributed by atoms with Crippen LogP contribution in [0, 0.1) is 63.6 Å². The molecule has 5 saturated carbocycles. The summed E-state index contributed by atoms with van der Waals surface area (Å²) in [5.74, 6) is 4.27. The molecule has 2 N–H and O–H groups in total. The fourth-order valence-electron chi connectivity index (χ4n) is 10.8. The molecule has 0 bridgehead atoms. The summed E-state index contributed by atoms with van der Waals surface area (Å²) >= 11 is 0. The zero-order valence-electron chi connectivity index (χ0n) is 21.4. The molecule has 5 fully saturated rings. The van der Waals surface area contributed by atoms with Gasteiger partial charge in [0.15, 0.2) is 0 Å². The summed E-state index contributed by atoms with van der Waals surface area (Å²) in [5.41, 5.74) is 0.521. The molecule has 182 valence electrons. The quantitative estimate of drug-likeness (QED) is 0.539. The van der Waals surface area contributed by atoms with Gasteiger partial charge in [0.2, 0.25) is 0 Å². The van der Waals surface area contributed by atoms with E-state index in [1.807, 2.05) is 0 Å². The Balaban J connectivity index is 1.36. The summed E-state index contributed by atoms with van der Waals surface area (Å²) in [6.07, 6.45) is 9.02. The van der Waals surface area contributed by atoms with Crippen molar-refractivity contribution in [1.29, 1.82) is 0 Å². The second kappa shape index (κ2) is 7.54. The highest BCUT2D eigenvalue weighted by Gasteiger charge is 2.77. The number of carbonyl (C=O) groups is 1. The van der Waals surface area contributed by atoms with E-state index in [2.05, 4.69) is 41.5 Å². The zero-order chi connectivity index (χ0) is 23.2. The molecule has 3 nitrogen and oxygen atoms in total. The predicted molar refractivity (Wildman–Crippen MR) is 128 cm³/mol. The number of aliphatic hydroxyl groups is 2. The molecule has 0 aromatic rings. The average Bonchev–Trinajstić information content (AvgIpc) is 3.27. The van der Waals surface area contributed by atoms with E-state index in [0.717, 1.165) is 25.2 Å². The van der Waals surface area contributed by atoms with Crippen LogP contribution in [0.2, 0.25) is 0 Å². The Morgan fingerprint density at radius 1 is 0.969 bits per heavy atom. The van der Waals surface area contributed by atoms with Crippen molar-refractivity contribution in [3.8, 4) is 0 Å². The predicted octanol–water partition coefficient (Wildman–Crippen LogP) is 5.86. The van der Waals surface area contributed by atoms with Gasteiger partial charge in [0.25, 0.3) is 0 Å². The van der Waals surface area contributed by atoms with Crippen molar-refractivity contribution in [3.05, 3.63) is 0 Å². The number of rotatable bonds is 6. The van der Waals surface area contributed by atoms with Gasteiger partial charge in [-0.3, -0.25) is 4.79 Å². The van der Waals surface area contributed by atoms with E-state index in [9.17, 15) is 15.0 Å². The Kier molecular flexibility index (Phi) is 5.50. The minimum absolute atomic E-state index is 0.0690. The van der Waals surface area contributed by atoms with Gasteiger partial charge in [0.1, 0.15) is 5.78 Å². The van der Waals surface area contributed by atoms with E-state index in [1.165, 1.54) is 38.5 Å². The van der Waals surface area contributed by atoms with Crippen molar-refractivity contribution in [2.24, 2.45) is 63.6 Å². The zero-order valence-corrected chi connectivity index (χ0v) is 21.4. The number of carbonyl (C=O) groups excluding carboxylic acids is 1. The molecule has 5 aliphatic rings. The smallest absolute Gasteiger partial charge is 0.140 e. The number of hydrogen-bond acceptors (Lipinski definition) is 3. The number of fused-ring (bicyclic) bond motifs is 4. The van der Waals surface area contributed by atoms with Crippen molar-refractivity contribution in [2.45, 2.75) is 112 Å². The molecule has 32 heavy (non-hydrogen) atoms. The molecule has 0 aromatic heterocycles. The maximum atomic E-state index is 13.5. The van der Waals surface area contributed by atoms with Gasteiger partial charge in [-0.25, -0.2) is 0 Å². The molecule has 1 spiro atoms. The first-order valence-electron chi connectivity index (χ1n) is 13.9. The summed E-state index contributed by atoms with van der Waals surface area (Å²) in [5, 5.41) is 22.3. The lowest BCUT2D eigenvalue weighted by Crippen LogP contribution is -2.55. The molecule has 0 heterocycles. The third-order valence-corrected chi connectivity index (χ3v) is 12.7. The highest BCUT2D eigenvalue weighted by Crippen LogP contribution is 2.80. The van der Waals surface area contributed by atoms with Gasteiger partial charge in [-0.05, 0) is 103 Å². The summed E-state index contributed by atoms with van der Waals surface area (Å²) < 4.78 is 0. The second-order valence-corrected chi connectivity index (χ2v) is 13.7. The minimum atomic E-state index is -0.656. The van der Waals surface area contributed by atoms with Crippen molar-refractivity contribution in [2.75, 3.05) is 0 Å². The fraction of sp³-hybridized carbons (Fsp3) is 0.966. The van der Waals surface area contributed by atoms with Gasteiger partial charge >= 0.3 is 0 Å². The lowest BCUT2D eigenvalue weighted by Gasteiger charge is -2.58. The van der Waals surface area contributed by atoms with Crippen LogP contribution in [0.4, 0.5) is 0 Å². The molecule has 0 radical (unpaired) electrons. The molecule has 5 rings (SSSR count). The van der Waals surface area contributed by atoms with Crippen LogP contribution in [-0.2, 0) is 4.79 Å². The van der Waals surface area contributed by atoms with Crippen molar-refractivity contribution in [1.82, 2.24) is 0 Å². The number of ketones is 1. The maximum absolute atomic E-state index is 13.5. The number of aliphatic hydroxyl groups excluding tert-OH is 2. The molecule has 1 unspecified atom stereocenters. The van der Waals surface area contributed by atoms with E-state index < -0.39 is 12.2 Å². The summed E-state index contributed by atoms with van der Waals surface area (Å²) in [4.78, 5) is 13.5. The third-order valence-electron chi connectivity index (χ3n) is 12.7. The Morgan fingerprint density at radius 2 is 1.69 bits per heavy atom. The molecule has 0 aliphatic heterocycles. The molecule has 5 aliphatic carbocycles. The van der Waals surface area contributed by atoms with Crippen LogP contribution in [0.25, 0.3) is 0 Å². The van der Waals surface area contributed by atoms with Gasteiger partial charge < -0.3 is 10.2 Å². The maximum Gasteiger partial charge on any atom is 0.140 e. The van der Waals surface area contributed by atoms with Crippen molar-refractivity contribution < 1.29 is 15.0 Å². The Bertz CT molecular complexity index is 762. The normalized spacial score (nSPS) is 50.8. The average molecular weight is 445 g/mol. The van der Waals surface area contributed by atoms with Gasteiger partial charge in [0, 0.05) is 11.8 Å². The summed E-state index contributed by atoms with van der Waals surface area (Å²) in [7, 11) is 0. The Labute approximate surface area is 196 Å². The van der Waals surface area contributed by atoms with E-state index in [0.29, 0.717) is 35.4 Å². The fourth-order valence-corrected chi connectivity index (χ4v) is 10.8. The molecule has 0 amide bonds. The van der Waals surface area contributed by atoms with Crippen LogP contribution >= 0.6 is 0 Å². The van der Waals surface area contributed by atoms with Crippen molar-refractivity contribution >= 4 is 5.78 Å². The first kappa shape index (κ1) is 23.3. The third kappa shape index (κ3) is 2.82. The molecule has 0 saturated heterocycles. The van der Waals surface area contributed by atoms with Gasteiger partial charge in [-0.1, -0.05) is 48.0 Å². The molecule has 3 heteroatoms. The highest BCUT2D eigenvalue weighted by molar-refractivity contribution is 5.91. The highest BCUT2D eigenvalue weighted by atomic mass is 16.3. The van der Waals surface area contributed by atoms with E-state index in [-0.39, 0.29) is 28.1 Å². The van der Waals surface area contributed by atoms with Crippen LogP contribution < -0.4 is 0 Å². The Hall–Kier alpha value is -0.410. The van der Waals surface area contributed by atoms with Crippen LogP contribution in [-0.4, -0.2) is 28.2 Å². The number of hydrogen-bond donors (Lipinski definition) is 2. The monoisotopic (exact) mass is 444 g/mol. The topological polar surface area (TPSA) is 57.5 Å². The second-order valence-electron chi connectivity index (χ2n) is 13.7. The van der Waals surface area contributed by atoms with Gasteiger partial charge in [-0.2, -0.15) is 0 Å². The van der Waals surface area contributed by atoms with E-state index >= 15 is 0 Å². The van der Waals surface area contributed by atoms with Crippen LogP contribution in [0.3, 0.4) is 0 Å². The molecular weight excluding hydrogens is 396 g/mol. The minimum Gasteiger partial charge on any atom is -0.390 e. The lowest BCUT2D eigenvalue weighted by atomic mass is 9.45. The van der Waals surface area contributed by atoms with Crippen molar-refractivity contribution in [3.63, 3.8) is 0 Å².